The third kappa shape index (κ3) is 1.57. The van der Waals surface area contributed by atoms with Crippen LogP contribution in [0.3, 0.4) is 0 Å². The Kier molecular flexibility index (Phi) is 2.46. The first kappa shape index (κ1) is 12.4. The Bertz CT molecular complexity index is 385. The van der Waals surface area contributed by atoms with Gasteiger partial charge in [-0.05, 0) is 56.8 Å². The van der Waals surface area contributed by atoms with Crippen LogP contribution in [0.1, 0.15) is 57.8 Å². The number of hydrogen-bond donors (Lipinski definition) is 1. The predicted molar refractivity (Wildman–Crippen MR) is 70.2 cm³/mol. The minimum absolute atomic E-state index is 0.192. The van der Waals surface area contributed by atoms with E-state index in [2.05, 4.69) is 0 Å². The van der Waals surface area contributed by atoms with Gasteiger partial charge < -0.3 is 9.84 Å². The lowest BCUT2D eigenvalue weighted by atomic mass is 9.53. The van der Waals surface area contributed by atoms with Crippen molar-refractivity contribution in [2.75, 3.05) is 0 Å². The smallest absolute Gasteiger partial charge is 0.210 e. The first-order chi connectivity index (χ1) is 9.68. The van der Waals surface area contributed by atoms with Crippen LogP contribution in [0.5, 0.6) is 0 Å². The molecule has 112 valence electrons. The van der Waals surface area contributed by atoms with E-state index in [1.165, 1.54) is 32.1 Å². The minimum atomic E-state index is -0.561. The fraction of sp³-hybridized carbons (Fsp3) is 1.00. The molecule has 6 aliphatic rings. The van der Waals surface area contributed by atoms with E-state index in [0.717, 1.165) is 37.5 Å². The minimum Gasteiger partial charge on any atom is -0.393 e. The molecule has 1 saturated heterocycles. The highest BCUT2D eigenvalue weighted by Crippen LogP contribution is 2.63. The van der Waals surface area contributed by atoms with Crippen molar-refractivity contribution >= 4 is 0 Å². The van der Waals surface area contributed by atoms with Crippen LogP contribution >= 0.6 is 0 Å². The van der Waals surface area contributed by atoms with E-state index in [1.807, 2.05) is 0 Å². The van der Waals surface area contributed by atoms with E-state index in [9.17, 15) is 5.11 Å². The molecule has 1 aliphatic heterocycles. The summed E-state index contributed by atoms with van der Waals surface area (Å²) < 4.78 is 6.55. The van der Waals surface area contributed by atoms with Gasteiger partial charge in [0, 0.05) is 24.7 Å². The molecule has 4 heteroatoms. The van der Waals surface area contributed by atoms with Gasteiger partial charge in [0.15, 0.2) is 0 Å². The maximum atomic E-state index is 9.70. The average molecular weight is 280 g/mol. The van der Waals surface area contributed by atoms with Crippen molar-refractivity contribution in [3.05, 3.63) is 0 Å². The summed E-state index contributed by atoms with van der Waals surface area (Å²) in [4.78, 5) is 11.7. The van der Waals surface area contributed by atoms with Crippen LogP contribution in [0.4, 0.5) is 0 Å². The zero-order valence-corrected chi connectivity index (χ0v) is 11.9. The predicted octanol–water partition coefficient (Wildman–Crippen LogP) is 2.75. The second kappa shape index (κ2) is 3.97. The Morgan fingerprint density at radius 1 is 0.800 bits per heavy atom. The molecule has 5 aliphatic carbocycles. The maximum Gasteiger partial charge on any atom is 0.210 e. The number of rotatable bonds is 0. The van der Waals surface area contributed by atoms with E-state index >= 15 is 0 Å². The average Bonchev–Trinajstić information content (AvgIpc) is 2.80. The third-order valence-corrected chi connectivity index (χ3v) is 6.66. The van der Waals surface area contributed by atoms with Crippen molar-refractivity contribution in [2.45, 2.75) is 75.5 Å². The Labute approximate surface area is 119 Å². The van der Waals surface area contributed by atoms with E-state index in [-0.39, 0.29) is 6.10 Å². The summed E-state index contributed by atoms with van der Waals surface area (Å²) in [5.74, 6) is 1.86. The molecule has 4 nitrogen and oxygen atoms in total. The number of ether oxygens (including phenoxy) is 1. The van der Waals surface area contributed by atoms with E-state index in [0.29, 0.717) is 11.8 Å². The van der Waals surface area contributed by atoms with Crippen molar-refractivity contribution in [1.82, 2.24) is 0 Å². The molecule has 5 saturated carbocycles. The summed E-state index contributed by atoms with van der Waals surface area (Å²) in [5.41, 5.74) is 0. The third-order valence-electron chi connectivity index (χ3n) is 6.66. The lowest BCUT2D eigenvalue weighted by Crippen LogP contribution is -2.59. The Hall–Kier alpha value is -0.160. The van der Waals surface area contributed by atoms with Gasteiger partial charge in [0.25, 0.3) is 0 Å². The summed E-state index contributed by atoms with van der Waals surface area (Å²) in [6, 6.07) is 0. The largest absolute Gasteiger partial charge is 0.393 e. The normalized spacial score (nSPS) is 60.8. The zero-order valence-electron chi connectivity index (χ0n) is 11.9. The quantitative estimate of drug-likeness (QED) is 0.693. The van der Waals surface area contributed by atoms with Gasteiger partial charge in [0.2, 0.25) is 11.6 Å². The highest BCUT2D eigenvalue weighted by molar-refractivity contribution is 5.05. The first-order valence-corrected chi connectivity index (χ1v) is 8.42. The lowest BCUT2D eigenvalue weighted by Gasteiger charge is -2.57. The second-order valence-electron chi connectivity index (χ2n) is 7.94. The van der Waals surface area contributed by atoms with Gasteiger partial charge in [-0.1, -0.05) is 0 Å². The molecule has 6 fully saturated rings. The van der Waals surface area contributed by atoms with Crippen LogP contribution in [0.2, 0.25) is 0 Å². The van der Waals surface area contributed by atoms with Gasteiger partial charge in [-0.25, -0.2) is 0 Å². The second-order valence-corrected chi connectivity index (χ2v) is 7.94. The molecule has 4 bridgehead atoms. The molecule has 0 unspecified atom stereocenters. The molecule has 6 rings (SSSR count). The summed E-state index contributed by atoms with van der Waals surface area (Å²) in [7, 11) is 0. The molecule has 0 amide bonds. The van der Waals surface area contributed by atoms with E-state index in [4.69, 9.17) is 14.5 Å². The monoisotopic (exact) mass is 280 g/mol. The standard InChI is InChI=1S/C16H24O4/c17-14-1-3-15(4-2-14)18-16(20-19-15)12-6-10-5-11(8-12)9-13(16)7-10/h10-14,17H,1-9H2. The maximum absolute atomic E-state index is 9.70. The van der Waals surface area contributed by atoms with Crippen LogP contribution in [0.15, 0.2) is 0 Å². The number of aliphatic hydroxyl groups excluding tert-OH is 1. The fourth-order valence-electron chi connectivity index (χ4n) is 5.84. The van der Waals surface area contributed by atoms with Gasteiger partial charge >= 0.3 is 0 Å². The number of hydrogen-bond acceptors (Lipinski definition) is 4. The van der Waals surface area contributed by atoms with Crippen molar-refractivity contribution < 1.29 is 19.6 Å². The van der Waals surface area contributed by atoms with Crippen molar-refractivity contribution in [2.24, 2.45) is 23.7 Å². The Morgan fingerprint density at radius 2 is 1.40 bits per heavy atom. The van der Waals surface area contributed by atoms with Crippen molar-refractivity contribution in [1.29, 1.82) is 0 Å². The van der Waals surface area contributed by atoms with Crippen LogP contribution < -0.4 is 0 Å². The summed E-state index contributed by atoms with van der Waals surface area (Å²) in [5, 5.41) is 9.70. The van der Waals surface area contributed by atoms with Crippen LogP contribution in [0.25, 0.3) is 0 Å². The molecular weight excluding hydrogens is 256 g/mol. The number of aliphatic hydroxyl groups is 1. The molecular formula is C16H24O4. The lowest BCUT2D eigenvalue weighted by molar-refractivity contribution is -0.390. The zero-order chi connectivity index (χ0) is 13.4. The van der Waals surface area contributed by atoms with Crippen LogP contribution in [0, 0.1) is 23.7 Å². The summed E-state index contributed by atoms with van der Waals surface area (Å²) >= 11 is 0. The van der Waals surface area contributed by atoms with Gasteiger partial charge in [-0.15, -0.1) is 0 Å². The molecule has 20 heavy (non-hydrogen) atoms. The van der Waals surface area contributed by atoms with Crippen molar-refractivity contribution in [3.8, 4) is 0 Å². The van der Waals surface area contributed by atoms with E-state index < -0.39 is 11.6 Å². The SMILES string of the molecule is OC1CCC2(CC1)OOC1(O2)C2CC3CC(C2)CC1C3. The topological polar surface area (TPSA) is 47.9 Å². The summed E-state index contributed by atoms with van der Waals surface area (Å²) in [6.45, 7) is 0. The Morgan fingerprint density at radius 3 is 2.00 bits per heavy atom. The fourth-order valence-corrected chi connectivity index (χ4v) is 5.84. The molecule has 1 heterocycles. The van der Waals surface area contributed by atoms with Crippen molar-refractivity contribution in [3.63, 3.8) is 0 Å². The van der Waals surface area contributed by atoms with Gasteiger partial charge in [-0.3, -0.25) is 0 Å². The molecule has 0 aromatic heterocycles. The van der Waals surface area contributed by atoms with E-state index in [1.54, 1.807) is 0 Å². The van der Waals surface area contributed by atoms with Gasteiger partial charge in [-0.2, -0.15) is 9.78 Å². The van der Waals surface area contributed by atoms with Crippen LogP contribution in [-0.4, -0.2) is 22.8 Å². The van der Waals surface area contributed by atoms with Gasteiger partial charge in [0.1, 0.15) is 0 Å². The van der Waals surface area contributed by atoms with Gasteiger partial charge in [0.05, 0.1) is 6.10 Å². The molecule has 0 aromatic rings. The highest BCUT2D eigenvalue weighted by Gasteiger charge is 2.66. The summed E-state index contributed by atoms with van der Waals surface area (Å²) in [6.07, 6.45) is 9.34. The highest BCUT2D eigenvalue weighted by atomic mass is 17.3. The van der Waals surface area contributed by atoms with Crippen LogP contribution in [-0.2, 0) is 14.5 Å². The molecule has 0 atom stereocenters. The first-order valence-electron chi connectivity index (χ1n) is 8.42. The molecule has 2 spiro atoms. The Balaban J connectivity index is 1.42. The molecule has 0 aromatic carbocycles. The molecule has 1 N–H and O–H groups in total. The molecule has 0 radical (unpaired) electrons.